The smallest absolute Gasteiger partial charge is 0.316 e. The summed E-state index contributed by atoms with van der Waals surface area (Å²) < 4.78 is 28.5. The topological polar surface area (TPSA) is 71.3 Å². The summed E-state index contributed by atoms with van der Waals surface area (Å²) in [6, 6.07) is 11.2. The van der Waals surface area contributed by atoms with E-state index >= 15 is 0 Å². The standard InChI is InChI=1S/C30H38ClF2N7/c31-25-19-24(2-1-22(25)20-34)39-18-13-30(21-39)11-16-38(17-12-30)26-3-4-27(37-36-26)40(28(32)33)23-5-7-29(8-6-23)9-14-35-15-10-29/h1-4,19,23,28,35H,5-18,21H2. The third-order valence-electron chi connectivity index (χ3n) is 10.2. The van der Waals surface area contributed by atoms with Crippen molar-refractivity contribution in [2.75, 3.05) is 54.0 Å². The van der Waals surface area contributed by atoms with Crippen LogP contribution < -0.4 is 20.0 Å². The molecule has 0 radical (unpaired) electrons. The number of rotatable bonds is 5. The van der Waals surface area contributed by atoms with E-state index < -0.39 is 6.55 Å². The van der Waals surface area contributed by atoms with Crippen LogP contribution in [-0.4, -0.2) is 62.1 Å². The third kappa shape index (κ3) is 5.45. The molecule has 4 aliphatic rings. The minimum absolute atomic E-state index is 0.188. The third-order valence-corrected chi connectivity index (χ3v) is 10.5. The number of nitrogens with one attached hydrogen (secondary N) is 1. The van der Waals surface area contributed by atoms with Gasteiger partial charge in [-0.15, -0.1) is 10.2 Å². The summed E-state index contributed by atoms with van der Waals surface area (Å²) in [6.45, 7) is 3.17. The van der Waals surface area contributed by atoms with Crippen LogP contribution in [0.15, 0.2) is 30.3 Å². The van der Waals surface area contributed by atoms with Gasteiger partial charge in [0.25, 0.3) is 0 Å². The van der Waals surface area contributed by atoms with Crippen LogP contribution in [0, 0.1) is 22.2 Å². The molecule has 1 N–H and O–H groups in total. The van der Waals surface area contributed by atoms with E-state index in [1.165, 1.54) is 4.90 Å². The van der Waals surface area contributed by atoms with Crippen LogP contribution in [-0.2, 0) is 0 Å². The average molecular weight is 570 g/mol. The van der Waals surface area contributed by atoms with E-state index in [2.05, 4.69) is 31.4 Å². The van der Waals surface area contributed by atoms with Crippen LogP contribution in [0.3, 0.4) is 0 Å². The van der Waals surface area contributed by atoms with Crippen LogP contribution in [0.25, 0.3) is 0 Å². The van der Waals surface area contributed by atoms with Gasteiger partial charge in [-0.05, 0) is 112 Å². The van der Waals surface area contributed by atoms with Crippen molar-refractivity contribution in [1.29, 1.82) is 5.26 Å². The molecule has 7 nitrogen and oxygen atoms in total. The number of nitrogens with zero attached hydrogens (tertiary/aromatic N) is 6. The Kier molecular flexibility index (Phi) is 7.75. The molecule has 40 heavy (non-hydrogen) atoms. The number of alkyl halides is 2. The van der Waals surface area contributed by atoms with Gasteiger partial charge in [-0.2, -0.15) is 14.0 Å². The molecule has 1 aliphatic carbocycles. The number of anilines is 3. The van der Waals surface area contributed by atoms with Crippen LogP contribution in [0.5, 0.6) is 0 Å². The van der Waals surface area contributed by atoms with Crippen molar-refractivity contribution >= 4 is 28.9 Å². The molecule has 3 aliphatic heterocycles. The van der Waals surface area contributed by atoms with Crippen molar-refractivity contribution < 1.29 is 8.78 Å². The predicted octanol–water partition coefficient (Wildman–Crippen LogP) is 5.84. The molecule has 6 rings (SSSR count). The number of aromatic nitrogens is 2. The van der Waals surface area contributed by atoms with Gasteiger partial charge in [-0.25, -0.2) is 0 Å². The fourth-order valence-corrected chi connectivity index (χ4v) is 7.80. The number of nitriles is 1. The number of piperidine rings is 2. The Balaban J connectivity index is 1.05. The van der Waals surface area contributed by atoms with Gasteiger partial charge in [0, 0.05) is 37.9 Å². The Bertz CT molecular complexity index is 1210. The molecule has 2 spiro atoms. The van der Waals surface area contributed by atoms with E-state index in [0.29, 0.717) is 16.0 Å². The fourth-order valence-electron chi connectivity index (χ4n) is 7.59. The summed E-state index contributed by atoms with van der Waals surface area (Å²) in [5, 5.41) is 21.8. The SMILES string of the molecule is N#Cc1ccc(N2CCC3(CCN(c4ccc(N(C(F)F)C5CCC6(CCNCC6)CC5)nn4)CC3)C2)cc1Cl. The molecule has 1 aromatic heterocycles. The lowest BCUT2D eigenvalue weighted by atomic mass is 9.67. The Morgan fingerprint density at radius 2 is 1.62 bits per heavy atom. The zero-order chi connectivity index (χ0) is 27.7. The second-order valence-electron chi connectivity index (χ2n) is 12.4. The highest BCUT2D eigenvalue weighted by molar-refractivity contribution is 6.32. The van der Waals surface area contributed by atoms with Gasteiger partial charge in [-0.3, -0.25) is 4.90 Å². The van der Waals surface area contributed by atoms with E-state index in [1.807, 2.05) is 18.2 Å². The predicted molar refractivity (Wildman–Crippen MR) is 154 cm³/mol. The van der Waals surface area contributed by atoms with Crippen molar-refractivity contribution in [2.24, 2.45) is 10.8 Å². The van der Waals surface area contributed by atoms with Crippen molar-refractivity contribution in [3.8, 4) is 6.07 Å². The highest BCUT2D eigenvalue weighted by Gasteiger charge is 2.42. The molecule has 2 aromatic rings. The molecule has 4 heterocycles. The summed E-state index contributed by atoms with van der Waals surface area (Å²) in [5.41, 5.74) is 2.14. The Labute approximate surface area is 240 Å². The normalized spacial score (nSPS) is 22.7. The first kappa shape index (κ1) is 27.5. The molecule has 4 fully saturated rings. The molecule has 1 saturated carbocycles. The van der Waals surface area contributed by atoms with E-state index in [0.717, 1.165) is 109 Å². The highest BCUT2D eigenvalue weighted by Crippen LogP contribution is 2.46. The molecule has 3 saturated heterocycles. The maximum absolute atomic E-state index is 14.3. The Morgan fingerprint density at radius 3 is 2.23 bits per heavy atom. The quantitative estimate of drug-likeness (QED) is 0.454. The highest BCUT2D eigenvalue weighted by atomic mass is 35.5. The molecule has 10 heteroatoms. The fraction of sp³-hybridized carbons (Fsp3) is 0.633. The molecule has 1 aromatic carbocycles. The Morgan fingerprint density at radius 1 is 0.925 bits per heavy atom. The maximum Gasteiger partial charge on any atom is 0.316 e. The van der Waals surface area contributed by atoms with Crippen LogP contribution in [0.4, 0.5) is 26.1 Å². The molecular weight excluding hydrogens is 532 g/mol. The van der Waals surface area contributed by atoms with Gasteiger partial charge in [0.05, 0.1) is 10.6 Å². The van der Waals surface area contributed by atoms with E-state index in [9.17, 15) is 8.78 Å². The lowest BCUT2D eigenvalue weighted by Crippen LogP contribution is -2.47. The monoisotopic (exact) mass is 569 g/mol. The van der Waals surface area contributed by atoms with Gasteiger partial charge in [-0.1, -0.05) is 11.6 Å². The van der Waals surface area contributed by atoms with Crippen LogP contribution >= 0.6 is 11.6 Å². The van der Waals surface area contributed by atoms with Crippen LogP contribution in [0.1, 0.15) is 63.4 Å². The van der Waals surface area contributed by atoms with Gasteiger partial charge in [0.1, 0.15) is 6.07 Å². The van der Waals surface area contributed by atoms with E-state index in [-0.39, 0.29) is 17.3 Å². The van der Waals surface area contributed by atoms with Crippen molar-refractivity contribution in [1.82, 2.24) is 15.5 Å². The molecule has 214 valence electrons. The molecule has 0 amide bonds. The minimum atomic E-state index is -2.58. The molecule has 0 atom stereocenters. The first-order valence-corrected chi connectivity index (χ1v) is 15.1. The maximum atomic E-state index is 14.3. The number of halogens is 3. The average Bonchev–Trinajstić information content (AvgIpc) is 3.39. The van der Waals surface area contributed by atoms with Crippen molar-refractivity contribution in [3.63, 3.8) is 0 Å². The summed E-state index contributed by atoms with van der Waals surface area (Å²) in [4.78, 5) is 5.81. The first-order valence-electron chi connectivity index (χ1n) is 14.7. The molecular formula is C30H38ClF2N7. The summed E-state index contributed by atoms with van der Waals surface area (Å²) in [7, 11) is 0. The Hall–Kier alpha value is -2.70. The molecule has 0 unspecified atom stereocenters. The van der Waals surface area contributed by atoms with Gasteiger partial charge < -0.3 is 15.1 Å². The van der Waals surface area contributed by atoms with Crippen molar-refractivity contribution in [2.45, 2.75) is 70.4 Å². The van der Waals surface area contributed by atoms with E-state index in [1.54, 1.807) is 12.1 Å². The number of hydrogen-bond acceptors (Lipinski definition) is 7. The largest absolute Gasteiger partial charge is 0.371 e. The lowest BCUT2D eigenvalue weighted by Gasteiger charge is -2.45. The van der Waals surface area contributed by atoms with Gasteiger partial charge >= 0.3 is 6.55 Å². The van der Waals surface area contributed by atoms with Gasteiger partial charge in [0.2, 0.25) is 0 Å². The minimum Gasteiger partial charge on any atom is -0.371 e. The number of hydrogen-bond donors (Lipinski definition) is 1. The summed E-state index contributed by atoms with van der Waals surface area (Å²) in [5.74, 6) is 1.05. The zero-order valence-electron chi connectivity index (χ0n) is 23.0. The number of benzene rings is 1. The van der Waals surface area contributed by atoms with Crippen LogP contribution in [0.2, 0.25) is 5.02 Å². The summed E-state index contributed by atoms with van der Waals surface area (Å²) >= 11 is 6.28. The zero-order valence-corrected chi connectivity index (χ0v) is 23.7. The molecule has 0 bridgehead atoms. The second kappa shape index (κ2) is 11.3. The summed E-state index contributed by atoms with van der Waals surface area (Å²) in [6.07, 6.45) is 9.11. The van der Waals surface area contributed by atoms with Crippen molar-refractivity contribution in [3.05, 3.63) is 40.9 Å². The first-order chi connectivity index (χ1) is 19.4. The van der Waals surface area contributed by atoms with Gasteiger partial charge in [0.15, 0.2) is 11.6 Å². The lowest BCUT2D eigenvalue weighted by molar-refractivity contribution is 0.0852. The second-order valence-corrected chi connectivity index (χ2v) is 12.8. The van der Waals surface area contributed by atoms with E-state index in [4.69, 9.17) is 16.9 Å².